The summed E-state index contributed by atoms with van der Waals surface area (Å²) in [7, 11) is 0. The highest BCUT2D eigenvalue weighted by molar-refractivity contribution is 4.63. The van der Waals surface area contributed by atoms with Gasteiger partial charge in [-0.15, -0.1) is 0 Å². The first-order valence-electron chi connectivity index (χ1n) is 5.93. The summed E-state index contributed by atoms with van der Waals surface area (Å²) < 4.78 is 0. The van der Waals surface area contributed by atoms with Gasteiger partial charge in [-0.3, -0.25) is 0 Å². The van der Waals surface area contributed by atoms with Gasteiger partial charge in [-0.2, -0.15) is 0 Å². The third-order valence-electron chi connectivity index (χ3n) is 2.30. The van der Waals surface area contributed by atoms with Crippen molar-refractivity contribution in [3.05, 3.63) is 0 Å². The molecule has 0 N–H and O–H groups in total. The minimum Gasteiger partial charge on any atom is -0.0651 e. The topological polar surface area (TPSA) is 0 Å². The smallest absolute Gasteiger partial charge is 0.0411 e. The van der Waals surface area contributed by atoms with Gasteiger partial charge in [0.05, 0.1) is 0 Å². The second-order valence-corrected chi connectivity index (χ2v) is 5.91. The molecule has 0 heterocycles. The molecule has 0 aromatic carbocycles. The third-order valence-corrected chi connectivity index (χ3v) is 2.30. The molecule has 1 aliphatic rings. The van der Waals surface area contributed by atoms with Crippen molar-refractivity contribution in [2.45, 2.75) is 73.1 Å². The van der Waals surface area contributed by atoms with Crippen LogP contribution in [0.5, 0.6) is 0 Å². The van der Waals surface area contributed by atoms with Crippen LogP contribution >= 0.6 is 0 Å². The van der Waals surface area contributed by atoms with E-state index in [-0.39, 0.29) is 0 Å². The van der Waals surface area contributed by atoms with Crippen LogP contribution in [0.15, 0.2) is 0 Å². The number of hydrogen-bond acceptors (Lipinski definition) is 0. The standard InChI is InChI=1S/C8H16.C5H12/c1-2-8-6-4-3-5-7-8;1-5(2,3)4/h8H,2-7H2,1H3;1-4H3. The van der Waals surface area contributed by atoms with Crippen molar-refractivity contribution in [1.82, 2.24) is 0 Å². The molecule has 0 aliphatic heterocycles. The van der Waals surface area contributed by atoms with Crippen molar-refractivity contribution in [2.24, 2.45) is 11.3 Å². The van der Waals surface area contributed by atoms with Crippen molar-refractivity contribution in [3.63, 3.8) is 0 Å². The van der Waals surface area contributed by atoms with E-state index in [4.69, 9.17) is 0 Å². The van der Waals surface area contributed by atoms with E-state index in [1.165, 1.54) is 38.5 Å². The summed E-state index contributed by atoms with van der Waals surface area (Å²) in [5, 5.41) is 0. The van der Waals surface area contributed by atoms with E-state index in [1.807, 2.05) is 0 Å². The van der Waals surface area contributed by atoms with Gasteiger partial charge < -0.3 is 0 Å². The van der Waals surface area contributed by atoms with E-state index >= 15 is 0 Å². The van der Waals surface area contributed by atoms with E-state index in [1.54, 1.807) is 0 Å². The Kier molecular flexibility index (Phi) is 6.45. The van der Waals surface area contributed by atoms with Crippen molar-refractivity contribution in [1.29, 1.82) is 0 Å². The molecule has 0 aromatic heterocycles. The maximum Gasteiger partial charge on any atom is -0.0411 e. The van der Waals surface area contributed by atoms with Crippen LogP contribution in [0.25, 0.3) is 0 Å². The minimum absolute atomic E-state index is 0.500. The first-order chi connectivity index (χ1) is 5.93. The van der Waals surface area contributed by atoms with Gasteiger partial charge in [-0.05, 0) is 11.3 Å². The second kappa shape index (κ2) is 6.45. The Morgan fingerprint density at radius 2 is 1.31 bits per heavy atom. The van der Waals surface area contributed by atoms with Crippen molar-refractivity contribution < 1.29 is 0 Å². The maximum absolute atomic E-state index is 2.32. The molecule has 80 valence electrons. The van der Waals surface area contributed by atoms with Crippen LogP contribution in [-0.4, -0.2) is 0 Å². The predicted molar refractivity (Wildman–Crippen MR) is 62.0 cm³/mol. The fourth-order valence-corrected chi connectivity index (χ4v) is 1.60. The Bertz CT molecular complexity index is 95.7. The van der Waals surface area contributed by atoms with Gasteiger partial charge in [0.15, 0.2) is 0 Å². The zero-order chi connectivity index (χ0) is 10.3. The van der Waals surface area contributed by atoms with Crippen LogP contribution in [0.3, 0.4) is 0 Å². The van der Waals surface area contributed by atoms with Crippen LogP contribution in [-0.2, 0) is 0 Å². The van der Waals surface area contributed by atoms with Gasteiger partial charge in [0, 0.05) is 0 Å². The van der Waals surface area contributed by atoms with Gasteiger partial charge in [0.1, 0.15) is 0 Å². The summed E-state index contributed by atoms with van der Waals surface area (Å²) in [5.74, 6) is 1.09. The first-order valence-corrected chi connectivity index (χ1v) is 5.93. The minimum atomic E-state index is 0.500. The molecule has 0 amide bonds. The fourth-order valence-electron chi connectivity index (χ4n) is 1.60. The van der Waals surface area contributed by atoms with Crippen molar-refractivity contribution >= 4 is 0 Å². The molecule has 0 bridgehead atoms. The molecule has 0 aromatic rings. The molecule has 0 saturated heterocycles. The van der Waals surface area contributed by atoms with Gasteiger partial charge >= 0.3 is 0 Å². The number of rotatable bonds is 1. The Labute approximate surface area is 85.1 Å². The summed E-state index contributed by atoms with van der Waals surface area (Å²) in [6, 6.07) is 0. The number of hydrogen-bond donors (Lipinski definition) is 0. The Morgan fingerprint density at radius 1 is 0.923 bits per heavy atom. The van der Waals surface area contributed by atoms with E-state index < -0.39 is 0 Å². The van der Waals surface area contributed by atoms with Crippen LogP contribution in [0.1, 0.15) is 73.1 Å². The highest BCUT2D eigenvalue weighted by Crippen LogP contribution is 2.25. The summed E-state index contributed by atoms with van der Waals surface area (Å²) in [4.78, 5) is 0. The van der Waals surface area contributed by atoms with Gasteiger partial charge in [-0.1, -0.05) is 73.1 Å². The summed E-state index contributed by atoms with van der Waals surface area (Å²) in [5.41, 5.74) is 0.500. The van der Waals surface area contributed by atoms with Crippen LogP contribution in [0, 0.1) is 11.3 Å². The molecule has 0 spiro atoms. The van der Waals surface area contributed by atoms with E-state index in [2.05, 4.69) is 34.6 Å². The van der Waals surface area contributed by atoms with Crippen LogP contribution < -0.4 is 0 Å². The predicted octanol–water partition coefficient (Wildman–Crippen LogP) is 5.03. The first kappa shape index (κ1) is 13.0. The molecule has 1 aliphatic carbocycles. The highest BCUT2D eigenvalue weighted by atomic mass is 14.2. The monoisotopic (exact) mass is 184 g/mol. The molecule has 1 fully saturated rings. The molecule has 0 atom stereocenters. The summed E-state index contributed by atoms with van der Waals surface area (Å²) >= 11 is 0. The zero-order valence-electron chi connectivity index (χ0n) is 10.3. The van der Waals surface area contributed by atoms with Crippen molar-refractivity contribution in [3.8, 4) is 0 Å². The lowest BCUT2D eigenvalue weighted by molar-refractivity contribution is 0.349. The SMILES string of the molecule is CC(C)(C)C.CCC1CCCCC1. The van der Waals surface area contributed by atoms with E-state index in [9.17, 15) is 0 Å². The molecular weight excluding hydrogens is 156 g/mol. The fraction of sp³-hybridized carbons (Fsp3) is 1.00. The quantitative estimate of drug-likeness (QED) is 0.536. The highest BCUT2D eigenvalue weighted by Gasteiger charge is 2.09. The maximum atomic E-state index is 2.32. The van der Waals surface area contributed by atoms with Crippen LogP contribution in [0.4, 0.5) is 0 Å². The van der Waals surface area contributed by atoms with E-state index in [0.29, 0.717) is 5.41 Å². The lowest BCUT2D eigenvalue weighted by Crippen LogP contribution is -2.03. The third kappa shape index (κ3) is 12.0. The van der Waals surface area contributed by atoms with E-state index in [0.717, 1.165) is 5.92 Å². The van der Waals surface area contributed by atoms with Gasteiger partial charge in [0.2, 0.25) is 0 Å². The molecule has 1 saturated carbocycles. The molecule has 0 heteroatoms. The molecule has 0 unspecified atom stereocenters. The Morgan fingerprint density at radius 3 is 1.54 bits per heavy atom. The average molecular weight is 184 g/mol. The molecular formula is C13H28. The Hall–Kier alpha value is 0. The normalized spacial score (nSPS) is 19.2. The molecule has 0 nitrogen and oxygen atoms in total. The lowest BCUT2D eigenvalue weighted by Gasteiger charge is -2.18. The van der Waals surface area contributed by atoms with Gasteiger partial charge in [0.25, 0.3) is 0 Å². The summed E-state index contributed by atoms with van der Waals surface area (Å²) in [6.07, 6.45) is 8.93. The summed E-state index contributed by atoms with van der Waals surface area (Å²) in [6.45, 7) is 11.1. The largest absolute Gasteiger partial charge is 0.0651 e. The molecule has 0 radical (unpaired) electrons. The second-order valence-electron chi connectivity index (χ2n) is 5.91. The Balaban J connectivity index is 0.000000252. The van der Waals surface area contributed by atoms with Crippen LogP contribution in [0.2, 0.25) is 0 Å². The lowest BCUT2D eigenvalue weighted by atomic mass is 9.88. The molecule has 13 heavy (non-hydrogen) atoms. The van der Waals surface area contributed by atoms with Crippen molar-refractivity contribution in [2.75, 3.05) is 0 Å². The average Bonchev–Trinajstić information content (AvgIpc) is 2.03. The zero-order valence-corrected chi connectivity index (χ0v) is 10.3. The molecule has 1 rings (SSSR count). The van der Waals surface area contributed by atoms with Gasteiger partial charge in [-0.25, -0.2) is 0 Å².